The van der Waals surface area contributed by atoms with Crippen molar-refractivity contribution in [2.24, 2.45) is 0 Å². The van der Waals surface area contributed by atoms with Gasteiger partial charge in [-0.3, -0.25) is 10.1 Å². The average Bonchev–Trinajstić information content (AvgIpc) is 3.33. The first-order valence-corrected chi connectivity index (χ1v) is 11.4. The zero-order valence-corrected chi connectivity index (χ0v) is 19.0. The lowest BCUT2D eigenvalue weighted by Gasteiger charge is -2.08. The summed E-state index contributed by atoms with van der Waals surface area (Å²) in [6.07, 6.45) is 1.76. The SMILES string of the molecule is COc1ccc(OC)c(-c2csc(-c3ccnc(SCc4ccc([N+](=O)[O-])cc4)c3)n2)c1. The van der Waals surface area contributed by atoms with E-state index in [1.807, 2.05) is 35.7 Å². The van der Waals surface area contributed by atoms with Crippen molar-refractivity contribution in [3.63, 3.8) is 0 Å². The summed E-state index contributed by atoms with van der Waals surface area (Å²) in [5, 5.41) is 14.5. The number of nitro groups is 1. The Morgan fingerprint density at radius 3 is 2.59 bits per heavy atom. The highest BCUT2D eigenvalue weighted by atomic mass is 32.2. The Hall–Kier alpha value is -3.43. The summed E-state index contributed by atoms with van der Waals surface area (Å²) in [7, 11) is 3.26. The van der Waals surface area contributed by atoms with Crippen LogP contribution in [-0.4, -0.2) is 29.1 Å². The molecule has 0 aliphatic carbocycles. The Kier molecular flexibility index (Phi) is 6.67. The van der Waals surface area contributed by atoms with Crippen molar-refractivity contribution < 1.29 is 14.4 Å². The highest BCUT2D eigenvalue weighted by Gasteiger charge is 2.13. The highest BCUT2D eigenvalue weighted by Crippen LogP contribution is 2.36. The third-order valence-corrected chi connectivity index (χ3v) is 6.59. The zero-order chi connectivity index (χ0) is 22.5. The van der Waals surface area contributed by atoms with Gasteiger partial charge in [0.05, 0.1) is 29.9 Å². The number of rotatable bonds is 8. The largest absolute Gasteiger partial charge is 0.497 e. The fourth-order valence-corrected chi connectivity index (χ4v) is 4.71. The van der Waals surface area contributed by atoms with E-state index in [1.165, 1.54) is 12.1 Å². The summed E-state index contributed by atoms with van der Waals surface area (Å²) in [5.74, 6) is 2.14. The molecule has 2 heterocycles. The van der Waals surface area contributed by atoms with Crippen LogP contribution in [0, 0.1) is 10.1 Å². The van der Waals surface area contributed by atoms with Crippen molar-refractivity contribution in [1.29, 1.82) is 0 Å². The number of nitro benzene ring substituents is 1. The molecule has 162 valence electrons. The number of ether oxygens (including phenoxy) is 2. The minimum absolute atomic E-state index is 0.0890. The molecular formula is C23H19N3O4S2. The van der Waals surface area contributed by atoms with E-state index in [0.29, 0.717) is 5.75 Å². The molecule has 0 unspecified atom stereocenters. The topological polar surface area (TPSA) is 87.4 Å². The molecule has 4 aromatic rings. The maximum atomic E-state index is 10.8. The highest BCUT2D eigenvalue weighted by molar-refractivity contribution is 7.98. The maximum Gasteiger partial charge on any atom is 0.269 e. The number of hydrogen-bond acceptors (Lipinski definition) is 8. The average molecular weight is 466 g/mol. The zero-order valence-electron chi connectivity index (χ0n) is 17.3. The molecule has 0 amide bonds. The molecule has 9 heteroatoms. The molecule has 7 nitrogen and oxygen atoms in total. The minimum Gasteiger partial charge on any atom is -0.497 e. The van der Waals surface area contributed by atoms with Crippen molar-refractivity contribution in [1.82, 2.24) is 9.97 Å². The van der Waals surface area contributed by atoms with Crippen molar-refractivity contribution in [2.45, 2.75) is 10.8 Å². The first-order valence-electron chi connectivity index (χ1n) is 9.58. The van der Waals surface area contributed by atoms with Gasteiger partial charge in [0, 0.05) is 40.6 Å². The molecule has 32 heavy (non-hydrogen) atoms. The summed E-state index contributed by atoms with van der Waals surface area (Å²) in [6.45, 7) is 0. The van der Waals surface area contributed by atoms with E-state index in [2.05, 4.69) is 4.98 Å². The smallest absolute Gasteiger partial charge is 0.269 e. The van der Waals surface area contributed by atoms with Crippen LogP contribution in [0.1, 0.15) is 5.56 Å². The van der Waals surface area contributed by atoms with Crippen molar-refractivity contribution in [2.75, 3.05) is 14.2 Å². The molecule has 0 bridgehead atoms. The van der Waals surface area contributed by atoms with E-state index in [4.69, 9.17) is 14.5 Å². The molecule has 0 aliphatic heterocycles. The fraction of sp³-hybridized carbons (Fsp3) is 0.130. The second-order valence-electron chi connectivity index (χ2n) is 6.70. The molecule has 0 saturated heterocycles. The summed E-state index contributed by atoms with van der Waals surface area (Å²) < 4.78 is 10.8. The Bertz CT molecular complexity index is 1240. The van der Waals surface area contributed by atoms with E-state index in [0.717, 1.165) is 43.9 Å². The Morgan fingerprint density at radius 2 is 1.88 bits per heavy atom. The van der Waals surface area contributed by atoms with Gasteiger partial charge in [0.1, 0.15) is 16.5 Å². The molecule has 0 fully saturated rings. The predicted molar refractivity (Wildman–Crippen MR) is 127 cm³/mol. The summed E-state index contributed by atoms with van der Waals surface area (Å²) in [4.78, 5) is 19.6. The van der Waals surface area contributed by atoms with Gasteiger partial charge in [-0.25, -0.2) is 9.97 Å². The second kappa shape index (κ2) is 9.80. The first kappa shape index (κ1) is 21.8. The number of thiazole rings is 1. The number of aromatic nitrogens is 2. The number of thioether (sulfide) groups is 1. The van der Waals surface area contributed by atoms with E-state index in [1.54, 1.807) is 55.6 Å². The molecular weight excluding hydrogens is 446 g/mol. The lowest BCUT2D eigenvalue weighted by Crippen LogP contribution is -1.91. The van der Waals surface area contributed by atoms with Gasteiger partial charge in [-0.1, -0.05) is 12.1 Å². The molecule has 0 spiro atoms. The summed E-state index contributed by atoms with van der Waals surface area (Å²) in [6, 6.07) is 16.1. The lowest BCUT2D eigenvalue weighted by molar-refractivity contribution is -0.384. The standard InChI is InChI=1S/C23H19N3O4S2/c1-29-18-7-8-21(30-2)19(12-18)20-14-32-23(25-20)16-9-10-24-22(11-16)31-13-15-3-5-17(6-4-15)26(27)28/h3-12,14H,13H2,1-2H3. The van der Waals surface area contributed by atoms with Gasteiger partial charge < -0.3 is 9.47 Å². The van der Waals surface area contributed by atoms with Gasteiger partial charge in [-0.15, -0.1) is 23.1 Å². The van der Waals surface area contributed by atoms with Crippen LogP contribution in [0.4, 0.5) is 5.69 Å². The van der Waals surface area contributed by atoms with Gasteiger partial charge in [-0.2, -0.15) is 0 Å². The van der Waals surface area contributed by atoms with E-state index in [-0.39, 0.29) is 5.69 Å². The van der Waals surface area contributed by atoms with Crippen LogP contribution in [0.25, 0.3) is 21.8 Å². The van der Waals surface area contributed by atoms with Gasteiger partial charge in [-0.05, 0) is 35.9 Å². The van der Waals surface area contributed by atoms with Crippen LogP contribution in [-0.2, 0) is 5.75 Å². The van der Waals surface area contributed by atoms with Crippen LogP contribution in [0.15, 0.2) is 71.2 Å². The second-order valence-corrected chi connectivity index (χ2v) is 8.55. The van der Waals surface area contributed by atoms with Crippen molar-refractivity contribution in [3.05, 3.63) is 81.9 Å². The van der Waals surface area contributed by atoms with Crippen LogP contribution in [0.3, 0.4) is 0 Å². The van der Waals surface area contributed by atoms with Gasteiger partial charge in [0.2, 0.25) is 0 Å². The third kappa shape index (κ3) is 4.90. The van der Waals surface area contributed by atoms with E-state index >= 15 is 0 Å². The number of pyridine rings is 1. The summed E-state index contributed by atoms with van der Waals surface area (Å²) in [5.41, 5.74) is 3.75. The molecule has 0 saturated carbocycles. The molecule has 2 aromatic heterocycles. The number of non-ortho nitro benzene ring substituents is 1. The monoisotopic (exact) mass is 465 g/mol. The van der Waals surface area contributed by atoms with Crippen molar-refractivity contribution >= 4 is 28.8 Å². The number of nitrogens with zero attached hydrogens (tertiary/aromatic N) is 3. The van der Waals surface area contributed by atoms with E-state index < -0.39 is 4.92 Å². The first-order chi connectivity index (χ1) is 15.6. The molecule has 0 atom stereocenters. The van der Waals surface area contributed by atoms with Gasteiger partial charge in [0.15, 0.2) is 0 Å². The number of hydrogen-bond donors (Lipinski definition) is 0. The van der Waals surface area contributed by atoms with Gasteiger partial charge in [0.25, 0.3) is 5.69 Å². The van der Waals surface area contributed by atoms with Crippen LogP contribution >= 0.6 is 23.1 Å². The van der Waals surface area contributed by atoms with E-state index in [9.17, 15) is 10.1 Å². The number of methoxy groups -OCH3 is 2. The predicted octanol–water partition coefficient (Wildman–Crippen LogP) is 6.09. The Balaban J connectivity index is 1.52. The molecule has 2 aromatic carbocycles. The lowest BCUT2D eigenvalue weighted by atomic mass is 10.1. The van der Waals surface area contributed by atoms with Crippen LogP contribution < -0.4 is 9.47 Å². The summed E-state index contributed by atoms with van der Waals surface area (Å²) >= 11 is 3.12. The number of benzene rings is 2. The van der Waals surface area contributed by atoms with Crippen LogP contribution in [0.5, 0.6) is 11.5 Å². The molecule has 0 aliphatic rings. The Labute approximate surface area is 193 Å². The quantitative estimate of drug-likeness (QED) is 0.177. The Morgan fingerprint density at radius 1 is 1.06 bits per heavy atom. The van der Waals surface area contributed by atoms with Crippen LogP contribution in [0.2, 0.25) is 0 Å². The fourth-order valence-electron chi connectivity index (χ4n) is 3.04. The van der Waals surface area contributed by atoms with Crippen molar-refractivity contribution in [3.8, 4) is 33.3 Å². The molecule has 0 radical (unpaired) electrons. The minimum atomic E-state index is -0.397. The normalized spacial score (nSPS) is 10.7. The third-order valence-electron chi connectivity index (χ3n) is 4.70. The molecule has 4 rings (SSSR count). The van der Waals surface area contributed by atoms with Gasteiger partial charge >= 0.3 is 0 Å². The molecule has 0 N–H and O–H groups in total. The maximum absolute atomic E-state index is 10.8.